The standard InChI is InChI=1S/C11H18O8S/c1-5-14-4-7(15-5)8-9(19-20(3,12)13)10-11(18-8)17-6(2)16-10/h5-11H,4H2,1-3H3. The molecule has 0 saturated carbocycles. The predicted molar refractivity (Wildman–Crippen MR) is 64.1 cm³/mol. The molecule has 7 atom stereocenters. The van der Waals surface area contributed by atoms with E-state index < -0.39 is 47.1 Å². The van der Waals surface area contributed by atoms with E-state index in [0.29, 0.717) is 6.61 Å². The Hall–Kier alpha value is -0.290. The molecule has 9 heteroatoms. The summed E-state index contributed by atoms with van der Waals surface area (Å²) in [5.74, 6) is 0. The van der Waals surface area contributed by atoms with Crippen molar-refractivity contribution in [1.82, 2.24) is 0 Å². The van der Waals surface area contributed by atoms with Gasteiger partial charge in [-0.15, -0.1) is 0 Å². The van der Waals surface area contributed by atoms with Crippen molar-refractivity contribution in [3.63, 3.8) is 0 Å². The van der Waals surface area contributed by atoms with E-state index in [9.17, 15) is 8.42 Å². The molecule has 0 amide bonds. The third-order valence-electron chi connectivity index (χ3n) is 3.40. The molecule has 0 radical (unpaired) electrons. The Bertz CT molecular complexity index is 465. The second-order valence-electron chi connectivity index (χ2n) is 5.11. The minimum Gasteiger partial charge on any atom is -0.350 e. The normalized spacial score (nSPS) is 48.6. The van der Waals surface area contributed by atoms with Crippen molar-refractivity contribution in [2.45, 2.75) is 57.1 Å². The molecule has 116 valence electrons. The fourth-order valence-corrected chi connectivity index (χ4v) is 3.31. The van der Waals surface area contributed by atoms with Crippen LogP contribution in [-0.4, -0.2) is 64.6 Å². The van der Waals surface area contributed by atoms with E-state index in [-0.39, 0.29) is 6.29 Å². The third kappa shape index (κ3) is 2.84. The SMILES string of the molecule is CC1OCC(C2OC3OC(C)OC3C2OS(C)(=O)=O)O1. The molecular weight excluding hydrogens is 292 g/mol. The Morgan fingerprint density at radius 3 is 2.35 bits per heavy atom. The van der Waals surface area contributed by atoms with Gasteiger partial charge in [0.1, 0.15) is 24.4 Å². The van der Waals surface area contributed by atoms with Gasteiger partial charge in [-0.3, -0.25) is 4.18 Å². The molecule has 8 nitrogen and oxygen atoms in total. The predicted octanol–water partition coefficient (Wildman–Crippen LogP) is -0.421. The van der Waals surface area contributed by atoms with Crippen molar-refractivity contribution in [2.24, 2.45) is 0 Å². The van der Waals surface area contributed by atoms with E-state index in [4.69, 9.17) is 27.9 Å². The van der Waals surface area contributed by atoms with Gasteiger partial charge in [0.05, 0.1) is 12.9 Å². The summed E-state index contributed by atoms with van der Waals surface area (Å²) in [6.07, 6.45) is -2.91. The fraction of sp³-hybridized carbons (Fsp3) is 1.00. The Kier molecular flexibility index (Phi) is 3.78. The quantitative estimate of drug-likeness (QED) is 0.649. The average Bonchev–Trinajstić information content (AvgIpc) is 2.94. The van der Waals surface area contributed by atoms with Crippen LogP contribution in [0.25, 0.3) is 0 Å². The van der Waals surface area contributed by atoms with E-state index in [1.165, 1.54) is 0 Å². The lowest BCUT2D eigenvalue weighted by molar-refractivity contribution is -0.182. The first-order valence-electron chi connectivity index (χ1n) is 6.45. The molecule has 0 aliphatic carbocycles. The van der Waals surface area contributed by atoms with E-state index in [1.807, 2.05) is 0 Å². The zero-order valence-corrected chi connectivity index (χ0v) is 12.2. The fourth-order valence-electron chi connectivity index (χ4n) is 2.68. The molecule has 3 aliphatic rings. The van der Waals surface area contributed by atoms with Gasteiger partial charge in [0, 0.05) is 0 Å². The van der Waals surface area contributed by atoms with Crippen LogP contribution in [0.1, 0.15) is 13.8 Å². The van der Waals surface area contributed by atoms with Gasteiger partial charge in [-0.2, -0.15) is 8.42 Å². The van der Waals surface area contributed by atoms with Crippen molar-refractivity contribution in [3.8, 4) is 0 Å². The Labute approximate surface area is 117 Å². The number of fused-ring (bicyclic) bond motifs is 1. The highest BCUT2D eigenvalue weighted by atomic mass is 32.2. The summed E-state index contributed by atoms with van der Waals surface area (Å²) >= 11 is 0. The molecule has 0 aromatic rings. The van der Waals surface area contributed by atoms with Crippen molar-refractivity contribution in [3.05, 3.63) is 0 Å². The summed E-state index contributed by atoms with van der Waals surface area (Å²) in [6.45, 7) is 3.78. The first kappa shape index (κ1) is 14.6. The highest BCUT2D eigenvalue weighted by Crippen LogP contribution is 2.37. The summed E-state index contributed by atoms with van der Waals surface area (Å²) < 4.78 is 55.5. The van der Waals surface area contributed by atoms with E-state index in [0.717, 1.165) is 6.26 Å². The van der Waals surface area contributed by atoms with Gasteiger partial charge in [0.2, 0.25) is 0 Å². The maximum absolute atomic E-state index is 11.4. The van der Waals surface area contributed by atoms with Gasteiger partial charge in [0.25, 0.3) is 10.1 Å². The maximum Gasteiger partial charge on any atom is 0.264 e. The molecule has 3 heterocycles. The van der Waals surface area contributed by atoms with Crippen molar-refractivity contribution in [1.29, 1.82) is 0 Å². The van der Waals surface area contributed by atoms with Crippen molar-refractivity contribution < 1.29 is 36.3 Å². The lowest BCUT2D eigenvalue weighted by Gasteiger charge is -2.24. The van der Waals surface area contributed by atoms with Crippen LogP contribution in [0.4, 0.5) is 0 Å². The molecule has 0 bridgehead atoms. The Balaban J connectivity index is 1.78. The smallest absolute Gasteiger partial charge is 0.264 e. The van der Waals surface area contributed by atoms with Crippen LogP contribution in [0, 0.1) is 0 Å². The van der Waals surface area contributed by atoms with Crippen LogP contribution >= 0.6 is 0 Å². The molecule has 0 N–H and O–H groups in total. The van der Waals surface area contributed by atoms with Crippen LogP contribution in [0.3, 0.4) is 0 Å². The van der Waals surface area contributed by atoms with E-state index in [1.54, 1.807) is 13.8 Å². The Morgan fingerprint density at radius 1 is 1.00 bits per heavy atom. The van der Waals surface area contributed by atoms with Crippen LogP contribution in [0.15, 0.2) is 0 Å². The van der Waals surface area contributed by atoms with Crippen LogP contribution < -0.4 is 0 Å². The van der Waals surface area contributed by atoms with Gasteiger partial charge < -0.3 is 23.7 Å². The third-order valence-corrected chi connectivity index (χ3v) is 3.97. The number of rotatable bonds is 3. The number of hydrogen-bond donors (Lipinski definition) is 0. The zero-order chi connectivity index (χ0) is 14.5. The van der Waals surface area contributed by atoms with Gasteiger partial charge in [0.15, 0.2) is 18.9 Å². The summed E-state index contributed by atoms with van der Waals surface area (Å²) in [5, 5.41) is 0. The minimum atomic E-state index is -3.65. The van der Waals surface area contributed by atoms with Gasteiger partial charge in [-0.1, -0.05) is 0 Å². The summed E-state index contributed by atoms with van der Waals surface area (Å²) in [4.78, 5) is 0. The monoisotopic (exact) mass is 310 g/mol. The molecular formula is C11H18O8S. The lowest BCUT2D eigenvalue weighted by atomic mass is 10.1. The van der Waals surface area contributed by atoms with Gasteiger partial charge in [-0.25, -0.2) is 0 Å². The molecule has 3 rings (SSSR count). The molecule has 0 aromatic carbocycles. The summed E-state index contributed by atoms with van der Waals surface area (Å²) in [7, 11) is -3.65. The first-order chi connectivity index (χ1) is 9.33. The van der Waals surface area contributed by atoms with Crippen molar-refractivity contribution >= 4 is 10.1 Å². The minimum absolute atomic E-state index is 0.310. The maximum atomic E-state index is 11.4. The molecule has 0 spiro atoms. The Morgan fingerprint density at radius 2 is 1.75 bits per heavy atom. The average molecular weight is 310 g/mol. The van der Waals surface area contributed by atoms with Crippen molar-refractivity contribution in [2.75, 3.05) is 12.9 Å². The van der Waals surface area contributed by atoms with E-state index >= 15 is 0 Å². The lowest BCUT2D eigenvalue weighted by Crippen LogP contribution is -2.43. The van der Waals surface area contributed by atoms with Crippen LogP contribution in [0.5, 0.6) is 0 Å². The summed E-state index contributed by atoms with van der Waals surface area (Å²) in [6, 6.07) is 0. The topological polar surface area (TPSA) is 89.5 Å². The first-order valence-corrected chi connectivity index (χ1v) is 8.27. The number of ether oxygens (including phenoxy) is 5. The van der Waals surface area contributed by atoms with E-state index in [2.05, 4.69) is 0 Å². The number of hydrogen-bond acceptors (Lipinski definition) is 8. The zero-order valence-electron chi connectivity index (χ0n) is 11.4. The van der Waals surface area contributed by atoms with Gasteiger partial charge >= 0.3 is 0 Å². The van der Waals surface area contributed by atoms with Crippen LogP contribution in [-0.2, 0) is 38.0 Å². The molecule has 0 aromatic heterocycles. The van der Waals surface area contributed by atoms with Gasteiger partial charge in [-0.05, 0) is 13.8 Å². The molecule has 3 aliphatic heterocycles. The molecule has 20 heavy (non-hydrogen) atoms. The summed E-state index contributed by atoms with van der Waals surface area (Å²) in [5.41, 5.74) is 0. The second-order valence-corrected chi connectivity index (χ2v) is 6.71. The molecule has 3 fully saturated rings. The highest BCUT2D eigenvalue weighted by molar-refractivity contribution is 7.86. The largest absolute Gasteiger partial charge is 0.350 e. The molecule has 3 saturated heterocycles. The molecule has 7 unspecified atom stereocenters. The second kappa shape index (κ2) is 5.16. The highest BCUT2D eigenvalue weighted by Gasteiger charge is 2.56. The van der Waals surface area contributed by atoms with Crippen LogP contribution in [0.2, 0.25) is 0 Å².